The van der Waals surface area contributed by atoms with E-state index in [1.807, 2.05) is 25.6 Å². The van der Waals surface area contributed by atoms with E-state index in [1.54, 1.807) is 0 Å². The summed E-state index contributed by atoms with van der Waals surface area (Å²) in [6, 6.07) is 0. The first-order chi connectivity index (χ1) is 5.16. The van der Waals surface area contributed by atoms with Gasteiger partial charge < -0.3 is 4.74 Å². The van der Waals surface area contributed by atoms with Crippen molar-refractivity contribution < 1.29 is 4.74 Å². The van der Waals surface area contributed by atoms with Gasteiger partial charge in [0.05, 0.1) is 18.1 Å². The van der Waals surface area contributed by atoms with Crippen molar-refractivity contribution in [2.24, 2.45) is 0 Å². The molecule has 0 aromatic rings. The van der Waals surface area contributed by atoms with Crippen LogP contribution in [0.25, 0.3) is 0 Å². The molecule has 0 bridgehead atoms. The molecular formula is C8H17ClOS. The molecule has 0 fully saturated rings. The Bertz CT molecular complexity index is 88.2. The van der Waals surface area contributed by atoms with Gasteiger partial charge in [-0.25, -0.2) is 0 Å². The molecule has 0 amide bonds. The first-order valence-corrected chi connectivity index (χ1v) is 5.59. The summed E-state index contributed by atoms with van der Waals surface area (Å²) in [5, 5.41) is 0.169. The third-order valence-corrected chi connectivity index (χ3v) is 2.62. The van der Waals surface area contributed by atoms with E-state index in [9.17, 15) is 0 Å². The molecule has 0 saturated carbocycles. The van der Waals surface area contributed by atoms with Crippen LogP contribution < -0.4 is 0 Å². The number of hydrogen-bond acceptors (Lipinski definition) is 2. The summed E-state index contributed by atoms with van der Waals surface area (Å²) in [6.45, 7) is 6.86. The molecule has 3 heteroatoms. The SMILES string of the molecule is CCSCC(Cl)COC(C)C. The van der Waals surface area contributed by atoms with Crippen LogP contribution in [0.5, 0.6) is 0 Å². The predicted octanol–water partition coefficient (Wildman–Crippen LogP) is 2.77. The zero-order valence-corrected chi connectivity index (χ0v) is 9.04. The first-order valence-electron chi connectivity index (χ1n) is 4.00. The number of alkyl halides is 1. The third-order valence-electron chi connectivity index (χ3n) is 1.11. The summed E-state index contributed by atoms with van der Waals surface area (Å²) in [7, 11) is 0. The monoisotopic (exact) mass is 196 g/mol. The highest BCUT2D eigenvalue weighted by molar-refractivity contribution is 7.99. The second-order valence-corrected chi connectivity index (χ2v) is 4.57. The predicted molar refractivity (Wildman–Crippen MR) is 53.7 cm³/mol. The van der Waals surface area contributed by atoms with Crippen LogP contribution in [-0.4, -0.2) is 29.6 Å². The van der Waals surface area contributed by atoms with Gasteiger partial charge >= 0.3 is 0 Å². The van der Waals surface area contributed by atoms with Gasteiger partial charge in [0.2, 0.25) is 0 Å². The molecule has 0 heterocycles. The fourth-order valence-electron chi connectivity index (χ4n) is 0.591. The van der Waals surface area contributed by atoms with Gasteiger partial charge in [-0.15, -0.1) is 11.6 Å². The van der Waals surface area contributed by atoms with Gasteiger partial charge in [-0.2, -0.15) is 11.8 Å². The maximum atomic E-state index is 5.96. The van der Waals surface area contributed by atoms with Crippen LogP contribution in [0.2, 0.25) is 0 Å². The maximum Gasteiger partial charge on any atom is 0.0660 e. The molecule has 0 aliphatic heterocycles. The Morgan fingerprint density at radius 2 is 2.09 bits per heavy atom. The van der Waals surface area contributed by atoms with Crippen LogP contribution in [0.1, 0.15) is 20.8 Å². The zero-order chi connectivity index (χ0) is 8.69. The van der Waals surface area contributed by atoms with Gasteiger partial charge in [0.25, 0.3) is 0 Å². The summed E-state index contributed by atoms with van der Waals surface area (Å²) in [6.07, 6.45) is 0.294. The molecule has 1 nitrogen and oxygen atoms in total. The number of halogens is 1. The van der Waals surface area contributed by atoms with Crippen molar-refractivity contribution in [3.63, 3.8) is 0 Å². The summed E-state index contributed by atoms with van der Waals surface area (Å²) >= 11 is 7.81. The number of ether oxygens (including phenoxy) is 1. The molecule has 0 aliphatic carbocycles. The lowest BCUT2D eigenvalue weighted by molar-refractivity contribution is 0.0816. The second kappa shape index (κ2) is 7.26. The van der Waals surface area contributed by atoms with E-state index in [-0.39, 0.29) is 5.38 Å². The molecule has 0 radical (unpaired) electrons. The van der Waals surface area contributed by atoms with E-state index < -0.39 is 0 Å². The Morgan fingerprint density at radius 1 is 1.45 bits per heavy atom. The molecule has 0 rings (SSSR count). The zero-order valence-electron chi connectivity index (χ0n) is 7.47. The Hall–Kier alpha value is 0.600. The summed E-state index contributed by atoms with van der Waals surface area (Å²) in [5.74, 6) is 2.12. The van der Waals surface area contributed by atoms with E-state index in [0.29, 0.717) is 12.7 Å². The van der Waals surface area contributed by atoms with Gasteiger partial charge in [-0.3, -0.25) is 0 Å². The van der Waals surface area contributed by atoms with Crippen molar-refractivity contribution in [3.8, 4) is 0 Å². The number of hydrogen-bond donors (Lipinski definition) is 0. The first kappa shape index (κ1) is 11.6. The molecule has 0 saturated heterocycles. The van der Waals surface area contributed by atoms with Crippen molar-refractivity contribution in [3.05, 3.63) is 0 Å². The lowest BCUT2D eigenvalue weighted by atomic mass is 10.4. The van der Waals surface area contributed by atoms with Crippen molar-refractivity contribution >= 4 is 23.4 Å². The molecule has 0 aliphatic rings. The normalized spacial score (nSPS) is 13.9. The minimum atomic E-state index is 0.169. The quantitative estimate of drug-likeness (QED) is 0.605. The van der Waals surface area contributed by atoms with Crippen LogP contribution in [0, 0.1) is 0 Å². The van der Waals surface area contributed by atoms with Crippen LogP contribution in [0.15, 0.2) is 0 Å². The molecule has 0 aromatic carbocycles. The van der Waals surface area contributed by atoms with E-state index in [2.05, 4.69) is 6.92 Å². The number of thioether (sulfide) groups is 1. The fraction of sp³-hybridized carbons (Fsp3) is 1.00. The number of rotatable bonds is 6. The Labute approximate surface area is 78.8 Å². The van der Waals surface area contributed by atoms with Crippen LogP contribution in [-0.2, 0) is 4.74 Å². The molecular weight excluding hydrogens is 180 g/mol. The van der Waals surface area contributed by atoms with Gasteiger partial charge in [-0.1, -0.05) is 6.92 Å². The third kappa shape index (κ3) is 8.51. The fourth-order valence-corrected chi connectivity index (χ4v) is 1.52. The van der Waals surface area contributed by atoms with Crippen molar-refractivity contribution in [2.75, 3.05) is 18.1 Å². The highest BCUT2D eigenvalue weighted by Gasteiger charge is 2.04. The topological polar surface area (TPSA) is 9.23 Å². The Kier molecular flexibility index (Phi) is 7.66. The lowest BCUT2D eigenvalue weighted by Gasteiger charge is -2.11. The van der Waals surface area contributed by atoms with E-state index in [0.717, 1.165) is 11.5 Å². The van der Waals surface area contributed by atoms with Gasteiger partial charge in [0.15, 0.2) is 0 Å². The van der Waals surface area contributed by atoms with Crippen molar-refractivity contribution in [1.82, 2.24) is 0 Å². The summed E-state index contributed by atoms with van der Waals surface area (Å²) < 4.78 is 5.36. The lowest BCUT2D eigenvalue weighted by Crippen LogP contribution is -2.15. The minimum Gasteiger partial charge on any atom is -0.377 e. The molecule has 11 heavy (non-hydrogen) atoms. The molecule has 1 atom stereocenters. The highest BCUT2D eigenvalue weighted by atomic mass is 35.5. The Balaban J connectivity index is 3.15. The van der Waals surface area contributed by atoms with Gasteiger partial charge in [-0.05, 0) is 19.6 Å². The summed E-state index contributed by atoms with van der Waals surface area (Å²) in [5.41, 5.74) is 0. The van der Waals surface area contributed by atoms with Crippen LogP contribution in [0.4, 0.5) is 0 Å². The maximum absolute atomic E-state index is 5.96. The van der Waals surface area contributed by atoms with E-state index in [1.165, 1.54) is 0 Å². The average molecular weight is 197 g/mol. The van der Waals surface area contributed by atoms with Crippen LogP contribution in [0.3, 0.4) is 0 Å². The second-order valence-electron chi connectivity index (χ2n) is 2.64. The molecule has 0 spiro atoms. The highest BCUT2D eigenvalue weighted by Crippen LogP contribution is 2.08. The largest absolute Gasteiger partial charge is 0.377 e. The van der Waals surface area contributed by atoms with Gasteiger partial charge in [0, 0.05) is 5.75 Å². The molecule has 1 unspecified atom stereocenters. The molecule has 0 aromatic heterocycles. The smallest absolute Gasteiger partial charge is 0.0660 e. The van der Waals surface area contributed by atoms with Gasteiger partial charge in [0.1, 0.15) is 0 Å². The average Bonchev–Trinajstić information content (AvgIpc) is 1.97. The molecule has 0 N–H and O–H groups in total. The molecule has 68 valence electrons. The van der Waals surface area contributed by atoms with Crippen molar-refractivity contribution in [2.45, 2.75) is 32.3 Å². The summed E-state index contributed by atoms with van der Waals surface area (Å²) in [4.78, 5) is 0. The van der Waals surface area contributed by atoms with Crippen LogP contribution >= 0.6 is 23.4 Å². The van der Waals surface area contributed by atoms with Crippen molar-refractivity contribution in [1.29, 1.82) is 0 Å². The standard InChI is InChI=1S/C8H17ClOS/c1-4-11-6-8(9)5-10-7(2)3/h7-8H,4-6H2,1-3H3. The van der Waals surface area contributed by atoms with E-state index in [4.69, 9.17) is 16.3 Å². The van der Waals surface area contributed by atoms with E-state index >= 15 is 0 Å². The minimum absolute atomic E-state index is 0.169. The Morgan fingerprint density at radius 3 is 2.55 bits per heavy atom.